The lowest BCUT2D eigenvalue weighted by atomic mass is 9.98. The van der Waals surface area contributed by atoms with Crippen molar-refractivity contribution in [3.05, 3.63) is 29.3 Å². The molecule has 1 aromatic carbocycles. The number of anilines is 1. The van der Waals surface area contributed by atoms with Crippen molar-refractivity contribution in [1.82, 2.24) is 5.32 Å². The molecule has 0 radical (unpaired) electrons. The van der Waals surface area contributed by atoms with Crippen LogP contribution in [0.5, 0.6) is 0 Å². The van der Waals surface area contributed by atoms with Crippen LogP contribution in [0.1, 0.15) is 38.5 Å². The number of halogens is 1. The Morgan fingerprint density at radius 1 is 1.31 bits per heavy atom. The Balaban J connectivity index is 1.76. The van der Waals surface area contributed by atoms with Gasteiger partial charge in [-0.25, -0.2) is 8.42 Å². The zero-order chi connectivity index (χ0) is 19.0. The molecule has 6 nitrogen and oxygen atoms in total. The second-order valence-corrected chi connectivity index (χ2v) is 8.93. The Labute approximate surface area is 160 Å². The summed E-state index contributed by atoms with van der Waals surface area (Å²) in [5.74, 6) is -0.354. The van der Waals surface area contributed by atoms with Crippen LogP contribution in [0, 0.1) is 0 Å². The van der Waals surface area contributed by atoms with Crippen molar-refractivity contribution in [3.8, 4) is 0 Å². The van der Waals surface area contributed by atoms with E-state index in [0.717, 1.165) is 23.4 Å². The number of nitrogens with zero attached hydrogens (tertiary/aromatic N) is 1. The number of ether oxygens (including phenoxy) is 1. The maximum atomic E-state index is 12.1. The molecule has 1 aliphatic carbocycles. The summed E-state index contributed by atoms with van der Waals surface area (Å²) in [5, 5.41) is 3.16. The van der Waals surface area contributed by atoms with E-state index in [1.807, 2.05) is 0 Å². The summed E-state index contributed by atoms with van der Waals surface area (Å²) in [6.07, 6.45) is 8.11. The van der Waals surface area contributed by atoms with Gasteiger partial charge in [0.2, 0.25) is 15.9 Å². The molecule has 1 fully saturated rings. The van der Waals surface area contributed by atoms with Crippen molar-refractivity contribution in [3.63, 3.8) is 0 Å². The fraction of sp³-hybridized carbons (Fsp3) is 0.611. The van der Waals surface area contributed by atoms with Crippen molar-refractivity contribution in [2.45, 2.75) is 44.6 Å². The summed E-state index contributed by atoms with van der Waals surface area (Å²) in [5.41, 5.74) is 0.371. The Kier molecular flexibility index (Phi) is 8.18. The third-order valence-corrected chi connectivity index (χ3v) is 5.71. The molecule has 0 spiro atoms. The zero-order valence-electron chi connectivity index (χ0n) is 15.1. The van der Waals surface area contributed by atoms with Gasteiger partial charge in [0.1, 0.15) is 6.54 Å². The Bertz CT molecular complexity index is 690. The van der Waals surface area contributed by atoms with Gasteiger partial charge in [-0.15, -0.1) is 0 Å². The van der Waals surface area contributed by atoms with Crippen molar-refractivity contribution in [1.29, 1.82) is 0 Å². The highest BCUT2D eigenvalue weighted by molar-refractivity contribution is 7.92. The largest absolute Gasteiger partial charge is 0.378 e. The number of hydrogen-bond donors (Lipinski definition) is 1. The SMILES string of the molecule is CS(=O)(=O)N(CC(=O)NCCCOC1CCCCC1)c1cccc(Cl)c1. The van der Waals surface area contributed by atoms with Crippen molar-refractivity contribution in [2.75, 3.05) is 30.3 Å². The molecule has 0 atom stereocenters. The van der Waals surface area contributed by atoms with E-state index in [9.17, 15) is 13.2 Å². The molecule has 0 bridgehead atoms. The quantitative estimate of drug-likeness (QED) is 0.644. The van der Waals surface area contributed by atoms with Gasteiger partial charge >= 0.3 is 0 Å². The van der Waals surface area contributed by atoms with Gasteiger partial charge in [0, 0.05) is 18.2 Å². The fourth-order valence-electron chi connectivity index (χ4n) is 3.00. The van der Waals surface area contributed by atoms with Crippen molar-refractivity contribution < 1.29 is 17.9 Å². The zero-order valence-corrected chi connectivity index (χ0v) is 16.7. The average Bonchev–Trinajstić information content (AvgIpc) is 2.59. The lowest BCUT2D eigenvalue weighted by molar-refractivity contribution is -0.119. The van der Waals surface area contributed by atoms with Crippen LogP contribution < -0.4 is 9.62 Å². The summed E-state index contributed by atoms with van der Waals surface area (Å²) < 4.78 is 30.9. The van der Waals surface area contributed by atoms with E-state index >= 15 is 0 Å². The normalized spacial score (nSPS) is 15.6. The van der Waals surface area contributed by atoms with Gasteiger partial charge in [0.15, 0.2) is 0 Å². The lowest BCUT2D eigenvalue weighted by Gasteiger charge is -2.23. The van der Waals surface area contributed by atoms with Gasteiger partial charge in [0.05, 0.1) is 18.0 Å². The number of rotatable bonds is 9. The van der Waals surface area contributed by atoms with Crippen LogP contribution >= 0.6 is 11.6 Å². The number of sulfonamides is 1. The molecule has 1 aromatic rings. The third-order valence-electron chi connectivity index (χ3n) is 4.33. The molecule has 0 aliphatic heterocycles. The number of carbonyl (C=O) groups excluding carboxylic acids is 1. The molecule has 146 valence electrons. The van der Waals surface area contributed by atoms with Gasteiger partial charge in [0.25, 0.3) is 0 Å². The molecule has 1 amide bonds. The molecule has 0 saturated heterocycles. The summed E-state index contributed by atoms with van der Waals surface area (Å²) >= 11 is 5.92. The summed E-state index contributed by atoms with van der Waals surface area (Å²) in [7, 11) is -3.59. The van der Waals surface area contributed by atoms with Crippen LogP contribution in [0.3, 0.4) is 0 Å². The van der Waals surface area contributed by atoms with E-state index in [1.165, 1.54) is 25.3 Å². The number of nitrogens with one attached hydrogen (secondary N) is 1. The first kappa shape index (κ1) is 21.0. The monoisotopic (exact) mass is 402 g/mol. The van der Waals surface area contributed by atoms with Crippen LogP contribution in [-0.2, 0) is 19.6 Å². The number of hydrogen-bond acceptors (Lipinski definition) is 4. The van der Waals surface area contributed by atoms with Gasteiger partial charge in [-0.2, -0.15) is 0 Å². The predicted octanol–water partition coefficient (Wildman–Crippen LogP) is 2.96. The first-order valence-corrected chi connectivity index (χ1v) is 11.2. The molecular formula is C18H27ClN2O4S. The van der Waals surface area contributed by atoms with Gasteiger partial charge in [-0.3, -0.25) is 9.10 Å². The fourth-order valence-corrected chi connectivity index (χ4v) is 4.03. The second kappa shape index (κ2) is 10.1. The van der Waals surface area contributed by atoms with Gasteiger partial charge < -0.3 is 10.1 Å². The predicted molar refractivity (Wildman–Crippen MR) is 104 cm³/mol. The van der Waals surface area contributed by atoms with Gasteiger partial charge in [-0.1, -0.05) is 36.9 Å². The minimum absolute atomic E-state index is 0.275. The van der Waals surface area contributed by atoms with Crippen LogP contribution in [0.25, 0.3) is 0 Å². The first-order chi connectivity index (χ1) is 12.4. The maximum Gasteiger partial charge on any atom is 0.240 e. The minimum Gasteiger partial charge on any atom is -0.378 e. The molecule has 2 rings (SSSR count). The number of carbonyl (C=O) groups is 1. The molecule has 1 saturated carbocycles. The van der Waals surface area contributed by atoms with Crippen molar-refractivity contribution in [2.24, 2.45) is 0 Å². The molecule has 0 aromatic heterocycles. The number of benzene rings is 1. The Morgan fingerprint density at radius 2 is 2.04 bits per heavy atom. The van der Waals surface area contributed by atoms with E-state index in [2.05, 4.69) is 5.32 Å². The Hall–Kier alpha value is -1.31. The second-order valence-electron chi connectivity index (χ2n) is 6.58. The molecule has 1 aliphatic rings. The van der Waals surface area contributed by atoms with Crippen LogP contribution in [-0.4, -0.2) is 46.4 Å². The standard InChI is InChI=1S/C18H27ClN2O4S/c1-26(23,24)21(16-8-5-7-15(19)13-16)14-18(22)20-11-6-12-25-17-9-3-2-4-10-17/h5,7-8,13,17H,2-4,6,9-12,14H2,1H3,(H,20,22). The first-order valence-electron chi connectivity index (χ1n) is 8.98. The smallest absolute Gasteiger partial charge is 0.240 e. The summed E-state index contributed by atoms with van der Waals surface area (Å²) in [6.45, 7) is 0.788. The highest BCUT2D eigenvalue weighted by atomic mass is 35.5. The van der Waals surface area contributed by atoms with Crippen LogP contribution in [0.15, 0.2) is 24.3 Å². The molecule has 26 heavy (non-hydrogen) atoms. The average molecular weight is 403 g/mol. The topological polar surface area (TPSA) is 75.7 Å². The molecular weight excluding hydrogens is 376 g/mol. The van der Waals surface area contributed by atoms with E-state index < -0.39 is 10.0 Å². The van der Waals surface area contributed by atoms with Crippen LogP contribution in [0.4, 0.5) is 5.69 Å². The summed E-state index contributed by atoms with van der Waals surface area (Å²) in [6, 6.07) is 6.43. The molecule has 0 unspecified atom stereocenters. The number of amides is 1. The summed E-state index contributed by atoms with van der Waals surface area (Å²) in [4.78, 5) is 12.1. The van der Waals surface area contributed by atoms with E-state index in [4.69, 9.17) is 16.3 Å². The van der Waals surface area contributed by atoms with E-state index in [0.29, 0.717) is 36.4 Å². The van der Waals surface area contributed by atoms with E-state index in [-0.39, 0.29) is 12.5 Å². The minimum atomic E-state index is -3.59. The highest BCUT2D eigenvalue weighted by Crippen LogP contribution is 2.22. The Morgan fingerprint density at radius 3 is 2.69 bits per heavy atom. The van der Waals surface area contributed by atoms with Gasteiger partial charge in [-0.05, 0) is 37.5 Å². The molecule has 1 N–H and O–H groups in total. The molecule has 0 heterocycles. The third kappa shape index (κ3) is 7.13. The lowest BCUT2D eigenvalue weighted by Crippen LogP contribution is -2.40. The van der Waals surface area contributed by atoms with Crippen molar-refractivity contribution >= 4 is 33.2 Å². The highest BCUT2D eigenvalue weighted by Gasteiger charge is 2.21. The maximum absolute atomic E-state index is 12.1. The van der Waals surface area contributed by atoms with E-state index in [1.54, 1.807) is 18.2 Å². The van der Waals surface area contributed by atoms with Crippen LogP contribution in [0.2, 0.25) is 5.02 Å². The molecule has 8 heteroatoms.